The van der Waals surface area contributed by atoms with Crippen molar-refractivity contribution >= 4 is 40.1 Å². The van der Waals surface area contributed by atoms with Crippen LogP contribution in [-0.4, -0.2) is 5.97 Å². The fraction of sp³-hybridized carbons (Fsp3) is 0.143. The summed E-state index contributed by atoms with van der Waals surface area (Å²) in [6.07, 6.45) is 0. The van der Waals surface area contributed by atoms with Gasteiger partial charge in [0.15, 0.2) is 0 Å². The molecule has 180 valence electrons. The number of nitriles is 1. The van der Waals surface area contributed by atoms with E-state index in [1.807, 2.05) is 32.9 Å². The molecule has 0 bridgehead atoms. The third-order valence-corrected chi connectivity index (χ3v) is 6.97. The lowest BCUT2D eigenvalue weighted by Crippen LogP contribution is -2.21. The highest BCUT2D eigenvalue weighted by molar-refractivity contribution is 6.42. The molecule has 5 rings (SSSR count). The molecule has 0 spiro atoms. The highest BCUT2D eigenvalue weighted by Gasteiger charge is 2.32. The number of allylic oxidation sites excluding steroid dienone is 1. The molecule has 0 radical (unpaired) electrons. The normalized spacial score (nSPS) is 14.8. The smallest absolute Gasteiger partial charge is 0.379 e. The average molecular weight is 519 g/mol. The number of aryl methyl sites for hydroxylation is 3. The summed E-state index contributed by atoms with van der Waals surface area (Å²) in [5, 5.41) is 11.4. The van der Waals surface area contributed by atoms with Crippen molar-refractivity contribution in [3.63, 3.8) is 0 Å². The van der Waals surface area contributed by atoms with Crippen molar-refractivity contribution in [1.82, 2.24) is 0 Å². The summed E-state index contributed by atoms with van der Waals surface area (Å²) in [5.41, 5.74) is 11.1. The lowest BCUT2D eigenvalue weighted by molar-refractivity contribution is 0.0702. The van der Waals surface area contributed by atoms with E-state index >= 15 is 0 Å². The molecule has 3 aromatic carbocycles. The van der Waals surface area contributed by atoms with Crippen molar-refractivity contribution in [3.8, 4) is 17.6 Å². The molecule has 1 aliphatic rings. The monoisotopic (exact) mass is 518 g/mol. The van der Waals surface area contributed by atoms with Gasteiger partial charge in [0.2, 0.25) is 11.6 Å². The molecular weight excluding hydrogens is 499 g/mol. The van der Waals surface area contributed by atoms with Gasteiger partial charge in [0.1, 0.15) is 28.7 Å². The van der Waals surface area contributed by atoms with Gasteiger partial charge in [0, 0.05) is 22.6 Å². The van der Waals surface area contributed by atoms with Gasteiger partial charge in [0.25, 0.3) is 0 Å². The van der Waals surface area contributed by atoms with Crippen LogP contribution in [0.15, 0.2) is 64.4 Å². The number of carbonyl (C=O) groups is 1. The second-order valence-electron chi connectivity index (χ2n) is 8.70. The minimum absolute atomic E-state index is 0.0384. The number of hydrogen-bond acceptors (Lipinski definition) is 6. The molecule has 36 heavy (non-hydrogen) atoms. The van der Waals surface area contributed by atoms with E-state index in [1.54, 1.807) is 36.4 Å². The molecule has 1 atom stereocenters. The fourth-order valence-electron chi connectivity index (χ4n) is 4.67. The van der Waals surface area contributed by atoms with Crippen LogP contribution in [0.5, 0.6) is 11.5 Å². The van der Waals surface area contributed by atoms with E-state index in [-0.39, 0.29) is 23.0 Å². The van der Waals surface area contributed by atoms with Crippen molar-refractivity contribution in [2.24, 2.45) is 5.73 Å². The summed E-state index contributed by atoms with van der Waals surface area (Å²) in [6.45, 7) is 5.78. The van der Waals surface area contributed by atoms with Gasteiger partial charge in [-0.2, -0.15) is 5.26 Å². The number of rotatable bonds is 3. The van der Waals surface area contributed by atoms with Crippen LogP contribution in [0.3, 0.4) is 0 Å². The molecule has 0 fully saturated rings. The molecule has 0 amide bonds. The number of carbonyl (C=O) groups excluding carboxylic acids is 1. The molecule has 0 aliphatic carbocycles. The molecule has 1 unspecified atom stereocenters. The maximum absolute atomic E-state index is 13.0. The van der Waals surface area contributed by atoms with E-state index in [4.69, 9.17) is 42.8 Å². The molecule has 8 heteroatoms. The molecule has 0 saturated carbocycles. The Labute approximate surface area is 217 Å². The van der Waals surface area contributed by atoms with Gasteiger partial charge in [-0.15, -0.1) is 0 Å². The lowest BCUT2D eigenvalue weighted by atomic mass is 9.83. The van der Waals surface area contributed by atoms with Gasteiger partial charge in [-0.3, -0.25) is 0 Å². The van der Waals surface area contributed by atoms with Gasteiger partial charge < -0.3 is 19.6 Å². The number of halogens is 2. The Kier molecular flexibility index (Phi) is 5.91. The summed E-state index contributed by atoms with van der Waals surface area (Å²) in [6, 6.07) is 16.1. The number of hydrogen-bond donors (Lipinski definition) is 1. The fourth-order valence-corrected chi connectivity index (χ4v) is 4.98. The Hall–Kier alpha value is -3.92. The minimum atomic E-state index is -0.626. The summed E-state index contributed by atoms with van der Waals surface area (Å²) in [7, 11) is 0. The van der Waals surface area contributed by atoms with Crippen molar-refractivity contribution in [3.05, 3.63) is 104 Å². The standard InChI is InChI=1S/C28H20Cl2N2O4/c1-13-8-14(2)24-15(3)26(35-23(24)9-13)28(33)34-17-5-6-18-22(11-17)36-27(32)19(12-31)25(18)16-4-7-20(29)21(30)10-16/h4-11,25H,32H2,1-3H3. The summed E-state index contributed by atoms with van der Waals surface area (Å²) < 4.78 is 17.2. The molecule has 2 heterocycles. The van der Waals surface area contributed by atoms with Gasteiger partial charge in [-0.1, -0.05) is 41.4 Å². The lowest BCUT2D eigenvalue weighted by Gasteiger charge is -2.27. The first-order chi connectivity index (χ1) is 17.2. The summed E-state index contributed by atoms with van der Waals surface area (Å²) >= 11 is 12.3. The van der Waals surface area contributed by atoms with E-state index in [0.717, 1.165) is 22.1 Å². The van der Waals surface area contributed by atoms with E-state index in [9.17, 15) is 10.1 Å². The molecule has 1 aromatic heterocycles. The maximum Gasteiger partial charge on any atom is 0.379 e. The van der Waals surface area contributed by atoms with Crippen molar-refractivity contribution < 1.29 is 18.7 Å². The Bertz CT molecular complexity index is 1650. The quantitative estimate of drug-likeness (QED) is 0.229. The predicted molar refractivity (Wildman–Crippen MR) is 138 cm³/mol. The predicted octanol–water partition coefficient (Wildman–Crippen LogP) is 7.10. The summed E-state index contributed by atoms with van der Waals surface area (Å²) in [4.78, 5) is 13.0. The number of ether oxygens (including phenoxy) is 2. The van der Waals surface area contributed by atoms with Crippen molar-refractivity contribution in [1.29, 1.82) is 5.26 Å². The molecule has 4 aromatic rings. The van der Waals surface area contributed by atoms with Crippen LogP contribution in [0.4, 0.5) is 0 Å². The van der Waals surface area contributed by atoms with E-state index in [2.05, 4.69) is 6.07 Å². The zero-order valence-corrected chi connectivity index (χ0v) is 21.1. The topological polar surface area (TPSA) is 98.5 Å². The van der Waals surface area contributed by atoms with E-state index in [1.165, 1.54) is 0 Å². The van der Waals surface area contributed by atoms with E-state index < -0.39 is 11.9 Å². The molecule has 0 saturated heterocycles. The number of nitrogens with zero attached hydrogens (tertiary/aromatic N) is 1. The van der Waals surface area contributed by atoms with Crippen LogP contribution < -0.4 is 15.2 Å². The van der Waals surface area contributed by atoms with Gasteiger partial charge in [-0.25, -0.2) is 4.79 Å². The Morgan fingerprint density at radius 3 is 2.56 bits per heavy atom. The van der Waals surface area contributed by atoms with Crippen molar-refractivity contribution in [2.75, 3.05) is 0 Å². The first-order valence-electron chi connectivity index (χ1n) is 11.1. The zero-order chi connectivity index (χ0) is 25.7. The second kappa shape index (κ2) is 8.94. The Morgan fingerprint density at radius 1 is 1.06 bits per heavy atom. The van der Waals surface area contributed by atoms with Crippen molar-refractivity contribution in [2.45, 2.75) is 26.7 Å². The van der Waals surface area contributed by atoms with Gasteiger partial charge in [-0.05, 0) is 61.7 Å². The third kappa shape index (κ3) is 3.97. The minimum Gasteiger partial charge on any atom is -0.449 e. The Morgan fingerprint density at radius 2 is 1.83 bits per heavy atom. The number of nitrogens with two attached hydrogens (primary N) is 1. The molecule has 6 nitrogen and oxygen atoms in total. The second-order valence-corrected chi connectivity index (χ2v) is 9.51. The van der Waals surface area contributed by atoms with Crippen LogP contribution in [0.1, 0.15) is 44.3 Å². The SMILES string of the molecule is Cc1cc(C)c2c(C)c(C(=O)Oc3ccc4c(c3)OC(N)=C(C#N)C4c3ccc(Cl)c(Cl)c3)oc2c1. The first kappa shape index (κ1) is 23.8. The summed E-state index contributed by atoms with van der Waals surface area (Å²) in [5.74, 6) is -0.449. The molecular formula is C28H20Cl2N2O4. The third-order valence-electron chi connectivity index (χ3n) is 6.23. The number of esters is 1. The number of benzene rings is 3. The van der Waals surface area contributed by atoms with Crippen LogP contribution in [0.25, 0.3) is 11.0 Å². The first-order valence-corrected chi connectivity index (χ1v) is 11.8. The zero-order valence-electron chi connectivity index (χ0n) is 19.6. The van der Waals surface area contributed by atoms with Crippen LogP contribution in [0.2, 0.25) is 10.0 Å². The largest absolute Gasteiger partial charge is 0.449 e. The van der Waals surface area contributed by atoms with Gasteiger partial charge in [0.05, 0.1) is 16.0 Å². The molecule has 1 aliphatic heterocycles. The van der Waals surface area contributed by atoms with E-state index in [0.29, 0.717) is 32.5 Å². The number of fused-ring (bicyclic) bond motifs is 2. The Balaban J connectivity index is 1.51. The number of furan rings is 1. The average Bonchev–Trinajstić information content (AvgIpc) is 3.16. The molecule has 2 N–H and O–H groups in total. The highest BCUT2D eigenvalue weighted by Crippen LogP contribution is 2.44. The van der Waals surface area contributed by atoms with Crippen LogP contribution in [-0.2, 0) is 0 Å². The highest BCUT2D eigenvalue weighted by atomic mass is 35.5. The van der Waals surface area contributed by atoms with Crippen LogP contribution >= 0.6 is 23.2 Å². The maximum atomic E-state index is 13.0. The van der Waals surface area contributed by atoms with Gasteiger partial charge >= 0.3 is 5.97 Å². The van der Waals surface area contributed by atoms with Crippen LogP contribution in [0, 0.1) is 32.1 Å².